The Morgan fingerprint density at radius 3 is 2.50 bits per heavy atom. The van der Waals surface area contributed by atoms with Crippen molar-refractivity contribution in [3.05, 3.63) is 28.7 Å². The Morgan fingerprint density at radius 2 is 1.95 bits per heavy atom. The summed E-state index contributed by atoms with van der Waals surface area (Å²) in [5, 5.41) is 11.0. The number of nitrogens with one attached hydrogen (secondary N) is 1. The monoisotopic (exact) mass is 361 g/mol. The maximum Gasteiger partial charge on any atom is 0.325 e. The molecule has 1 unspecified atom stereocenters. The maximum absolute atomic E-state index is 11.9. The van der Waals surface area contributed by atoms with Gasteiger partial charge in [0.15, 0.2) is 0 Å². The van der Waals surface area contributed by atoms with Gasteiger partial charge in [0.2, 0.25) is 5.91 Å². The first-order valence-electron chi connectivity index (χ1n) is 6.06. The highest BCUT2D eigenvalue weighted by molar-refractivity contribution is 9.10. The van der Waals surface area contributed by atoms with Gasteiger partial charge in [-0.2, -0.15) is 0 Å². The Morgan fingerprint density at radius 1 is 1.35 bits per heavy atom. The van der Waals surface area contributed by atoms with Crippen LogP contribution in [0.1, 0.15) is 19.8 Å². The number of hydrogen-bond acceptors (Lipinski definition) is 3. The second-order valence-corrected chi connectivity index (χ2v) is 6.72. The van der Waals surface area contributed by atoms with Crippen molar-refractivity contribution in [2.24, 2.45) is 0 Å². The fraction of sp³-hybridized carbons (Fsp3) is 0.385. The van der Waals surface area contributed by atoms with Crippen LogP contribution in [0, 0.1) is 0 Å². The van der Waals surface area contributed by atoms with Crippen molar-refractivity contribution < 1.29 is 18.9 Å². The van der Waals surface area contributed by atoms with Gasteiger partial charge < -0.3 is 10.4 Å². The van der Waals surface area contributed by atoms with Crippen LogP contribution in [0.15, 0.2) is 33.6 Å². The minimum absolute atomic E-state index is 0.167. The second kappa shape index (κ2) is 8.16. The molecule has 2 atom stereocenters. The van der Waals surface area contributed by atoms with E-state index in [0.29, 0.717) is 17.1 Å². The van der Waals surface area contributed by atoms with Crippen LogP contribution in [-0.2, 0) is 20.4 Å². The largest absolute Gasteiger partial charge is 0.480 e. The van der Waals surface area contributed by atoms with Crippen molar-refractivity contribution in [1.82, 2.24) is 5.32 Å². The lowest BCUT2D eigenvalue weighted by molar-refractivity contribution is -0.141. The molecule has 1 aromatic rings. The van der Waals surface area contributed by atoms with Gasteiger partial charge in [-0.05, 0) is 37.6 Å². The van der Waals surface area contributed by atoms with Crippen molar-refractivity contribution >= 4 is 38.6 Å². The lowest BCUT2D eigenvalue weighted by Crippen LogP contribution is -2.38. The summed E-state index contributed by atoms with van der Waals surface area (Å²) in [7, 11) is -1.15. The van der Waals surface area contributed by atoms with Crippen LogP contribution in [0.3, 0.4) is 0 Å². The Hall–Kier alpha value is -1.21. The molecule has 20 heavy (non-hydrogen) atoms. The zero-order valence-corrected chi connectivity index (χ0v) is 13.4. The number of amides is 1. The number of carboxylic acids is 1. The molecule has 1 amide bonds. The number of hydrogen-bond donors (Lipinski definition) is 2. The van der Waals surface area contributed by atoms with Gasteiger partial charge >= 0.3 is 5.97 Å². The third-order valence-corrected chi connectivity index (χ3v) is 4.54. The fourth-order valence-corrected chi connectivity index (χ4v) is 2.79. The van der Waals surface area contributed by atoms with E-state index in [1.54, 1.807) is 12.1 Å². The van der Waals surface area contributed by atoms with Gasteiger partial charge in [0.25, 0.3) is 0 Å². The van der Waals surface area contributed by atoms with Gasteiger partial charge in [0.1, 0.15) is 6.04 Å². The zero-order valence-electron chi connectivity index (χ0n) is 11.0. The van der Waals surface area contributed by atoms with Crippen LogP contribution in [0.4, 0.5) is 0 Å². The third kappa shape index (κ3) is 5.83. The molecule has 5 nitrogen and oxygen atoms in total. The van der Waals surface area contributed by atoms with Gasteiger partial charge in [-0.1, -0.05) is 15.9 Å². The van der Waals surface area contributed by atoms with Crippen LogP contribution in [-0.4, -0.2) is 33.0 Å². The van der Waals surface area contributed by atoms with Crippen LogP contribution in [0.5, 0.6) is 0 Å². The molecular formula is C13H16BrNO4S. The summed E-state index contributed by atoms with van der Waals surface area (Å²) >= 11 is 3.30. The van der Waals surface area contributed by atoms with E-state index in [0.717, 1.165) is 4.47 Å². The molecule has 0 bridgehead atoms. The SMILES string of the molecule is C[C@@H](NC(=O)CCCS(=O)c1ccc(Br)cc1)C(=O)O. The Bertz CT molecular complexity index is 504. The van der Waals surface area contributed by atoms with Gasteiger partial charge in [-0.15, -0.1) is 0 Å². The fourth-order valence-electron chi connectivity index (χ4n) is 1.44. The third-order valence-electron chi connectivity index (χ3n) is 2.56. The molecule has 0 heterocycles. The topological polar surface area (TPSA) is 83.5 Å². The molecule has 0 saturated heterocycles. The number of rotatable bonds is 7. The number of halogens is 1. The average molecular weight is 362 g/mol. The first-order chi connectivity index (χ1) is 9.40. The lowest BCUT2D eigenvalue weighted by atomic mass is 10.3. The van der Waals surface area contributed by atoms with Crippen LogP contribution in [0.25, 0.3) is 0 Å². The van der Waals surface area contributed by atoms with E-state index in [1.165, 1.54) is 6.92 Å². The highest BCUT2D eigenvalue weighted by Crippen LogP contribution is 2.14. The summed E-state index contributed by atoms with van der Waals surface area (Å²) in [5.74, 6) is -1.04. The second-order valence-electron chi connectivity index (χ2n) is 4.23. The lowest BCUT2D eigenvalue weighted by Gasteiger charge is -2.08. The quantitative estimate of drug-likeness (QED) is 0.776. The standard InChI is InChI=1S/C13H16BrNO4S/c1-9(13(17)18)15-12(16)3-2-8-20(19)11-6-4-10(14)5-7-11/h4-7,9H,2-3,8H2,1H3,(H,15,16)(H,17,18)/t9-,20?/m1/s1. The van der Waals surface area contributed by atoms with Gasteiger partial charge in [-0.25, -0.2) is 0 Å². The van der Waals surface area contributed by atoms with E-state index in [2.05, 4.69) is 21.2 Å². The minimum Gasteiger partial charge on any atom is -0.480 e. The number of carbonyl (C=O) groups is 2. The van der Waals surface area contributed by atoms with E-state index in [1.807, 2.05) is 12.1 Å². The summed E-state index contributed by atoms with van der Waals surface area (Å²) in [6.45, 7) is 1.40. The highest BCUT2D eigenvalue weighted by atomic mass is 79.9. The zero-order chi connectivity index (χ0) is 15.1. The van der Waals surface area contributed by atoms with Crippen LogP contribution >= 0.6 is 15.9 Å². The van der Waals surface area contributed by atoms with Crippen LogP contribution in [0.2, 0.25) is 0 Å². The summed E-state index contributed by atoms with van der Waals surface area (Å²) < 4.78 is 12.9. The molecule has 0 saturated carbocycles. The Kier molecular flexibility index (Phi) is 6.87. The van der Waals surface area contributed by atoms with E-state index in [-0.39, 0.29) is 12.3 Å². The number of aliphatic carboxylic acids is 1. The van der Waals surface area contributed by atoms with Crippen molar-refractivity contribution in [3.63, 3.8) is 0 Å². The van der Waals surface area contributed by atoms with Gasteiger partial charge in [0, 0.05) is 21.5 Å². The summed E-state index contributed by atoms with van der Waals surface area (Å²) in [6.07, 6.45) is 0.612. The Balaban J connectivity index is 2.33. The van der Waals surface area contributed by atoms with Crippen molar-refractivity contribution in [2.75, 3.05) is 5.75 Å². The number of carboxylic acid groups (broad SMARTS) is 1. The molecule has 0 spiro atoms. The predicted octanol–water partition coefficient (Wildman–Crippen LogP) is 1.93. The minimum atomic E-state index is -1.15. The molecule has 7 heteroatoms. The number of carbonyl (C=O) groups excluding carboxylic acids is 1. The smallest absolute Gasteiger partial charge is 0.325 e. The normalized spacial score (nSPS) is 13.5. The van der Waals surface area contributed by atoms with Crippen molar-refractivity contribution in [3.8, 4) is 0 Å². The number of benzene rings is 1. The van der Waals surface area contributed by atoms with Crippen molar-refractivity contribution in [1.29, 1.82) is 0 Å². The first kappa shape index (κ1) is 16.8. The molecule has 0 aliphatic rings. The molecule has 0 fully saturated rings. The van der Waals surface area contributed by atoms with E-state index < -0.39 is 22.8 Å². The van der Waals surface area contributed by atoms with E-state index >= 15 is 0 Å². The predicted molar refractivity (Wildman–Crippen MR) is 79.9 cm³/mol. The summed E-state index contributed by atoms with van der Waals surface area (Å²) in [6, 6.07) is 6.27. The Labute approximate surface area is 128 Å². The molecule has 0 aliphatic heterocycles. The summed E-state index contributed by atoms with van der Waals surface area (Å²) in [5.41, 5.74) is 0. The van der Waals surface area contributed by atoms with Gasteiger partial charge in [0.05, 0.1) is 10.8 Å². The van der Waals surface area contributed by atoms with Gasteiger partial charge in [-0.3, -0.25) is 13.8 Å². The maximum atomic E-state index is 11.9. The van der Waals surface area contributed by atoms with E-state index in [9.17, 15) is 13.8 Å². The molecule has 0 aromatic heterocycles. The van der Waals surface area contributed by atoms with Crippen molar-refractivity contribution in [2.45, 2.75) is 30.7 Å². The average Bonchev–Trinajstić information content (AvgIpc) is 2.39. The highest BCUT2D eigenvalue weighted by Gasteiger charge is 2.13. The summed E-state index contributed by atoms with van der Waals surface area (Å²) in [4.78, 5) is 22.7. The first-order valence-corrected chi connectivity index (χ1v) is 8.17. The van der Waals surface area contributed by atoms with Crippen LogP contribution < -0.4 is 5.32 Å². The molecule has 0 aliphatic carbocycles. The molecule has 1 rings (SSSR count). The molecular weight excluding hydrogens is 346 g/mol. The van der Waals surface area contributed by atoms with E-state index in [4.69, 9.17) is 5.11 Å². The molecule has 110 valence electrons. The molecule has 1 aromatic carbocycles. The molecule has 2 N–H and O–H groups in total. The molecule has 0 radical (unpaired) electrons.